The molecule has 0 spiro atoms. The van der Waals surface area contributed by atoms with Crippen molar-refractivity contribution in [3.05, 3.63) is 0 Å². The van der Waals surface area contributed by atoms with E-state index < -0.39 is 0 Å². The van der Waals surface area contributed by atoms with Gasteiger partial charge in [-0.3, -0.25) is 0 Å². The fraction of sp³-hybridized carbons (Fsp3) is 0.800. The van der Waals surface area contributed by atoms with E-state index in [0.29, 0.717) is 12.3 Å². The molecule has 1 heterocycles. The van der Waals surface area contributed by atoms with Gasteiger partial charge in [-0.25, -0.2) is 0 Å². The molecule has 1 fully saturated rings. The van der Waals surface area contributed by atoms with Crippen molar-refractivity contribution in [2.45, 2.75) is 12.8 Å². The van der Waals surface area contributed by atoms with E-state index in [2.05, 4.69) is 9.89 Å². The molecule has 1 saturated heterocycles. The van der Waals surface area contributed by atoms with Gasteiger partial charge in [0.25, 0.3) is 0 Å². The molecule has 0 atom stereocenters. The first-order chi connectivity index (χ1) is 7.83. The minimum Gasteiger partial charge on any atom is -0.396 e. The number of aliphatic hydroxyl groups excluding tert-OH is 1. The lowest BCUT2D eigenvalue weighted by atomic mass is 10.4. The van der Waals surface area contributed by atoms with Crippen molar-refractivity contribution in [2.24, 2.45) is 4.99 Å². The van der Waals surface area contributed by atoms with Crippen LogP contribution in [0.3, 0.4) is 0 Å². The minimum absolute atomic E-state index is 0.165. The monoisotopic (exact) mass is 244 g/mol. The number of rotatable bonds is 6. The van der Waals surface area contributed by atoms with E-state index in [-0.39, 0.29) is 6.61 Å². The molecule has 0 aromatic heterocycles. The van der Waals surface area contributed by atoms with Crippen molar-refractivity contribution in [1.29, 1.82) is 5.26 Å². The smallest absolute Gasteiger partial charge is 0.212 e. The molecule has 0 bridgehead atoms. The van der Waals surface area contributed by atoms with Gasteiger partial charge in [0, 0.05) is 38.7 Å². The third-order valence-electron chi connectivity index (χ3n) is 2.50. The van der Waals surface area contributed by atoms with Gasteiger partial charge in [0.15, 0.2) is 0 Å². The summed E-state index contributed by atoms with van der Waals surface area (Å²) in [5.41, 5.74) is 0. The number of hydrogen-bond donors (Lipinski definition) is 1. The van der Waals surface area contributed by atoms with Crippen molar-refractivity contribution in [3.8, 4) is 6.19 Å². The molecule has 90 valence electrons. The van der Waals surface area contributed by atoms with Crippen LogP contribution in [0.15, 0.2) is 4.99 Å². The molecule has 1 aliphatic heterocycles. The number of nitriles is 1. The molecule has 1 aliphatic rings. The first-order valence-corrected chi connectivity index (χ1v) is 6.00. The average Bonchev–Trinajstić information content (AvgIpc) is 2.67. The molecule has 16 heavy (non-hydrogen) atoms. The highest BCUT2D eigenvalue weighted by atomic mass is 35.5. The lowest BCUT2D eigenvalue weighted by Gasteiger charge is -2.21. The van der Waals surface area contributed by atoms with E-state index in [1.165, 1.54) is 0 Å². The lowest BCUT2D eigenvalue weighted by molar-refractivity contribution is 0.271. The third-order valence-corrected chi connectivity index (χ3v) is 2.77. The Hall–Kier alpha value is -0.990. The molecule has 5 nitrogen and oxygen atoms in total. The Morgan fingerprint density at radius 2 is 1.94 bits per heavy atom. The first kappa shape index (κ1) is 13.1. The molecule has 0 amide bonds. The van der Waals surface area contributed by atoms with Crippen LogP contribution in [0.5, 0.6) is 0 Å². The normalized spacial score (nSPS) is 18.2. The molecule has 0 saturated carbocycles. The third kappa shape index (κ3) is 3.54. The highest BCUT2D eigenvalue weighted by molar-refractivity contribution is 6.17. The number of halogens is 1. The number of alkyl halides is 1. The van der Waals surface area contributed by atoms with E-state index in [0.717, 1.165) is 38.6 Å². The largest absolute Gasteiger partial charge is 0.396 e. The maximum Gasteiger partial charge on any atom is 0.212 e. The summed E-state index contributed by atoms with van der Waals surface area (Å²) in [5.74, 6) is 1.34. The Morgan fingerprint density at radius 3 is 2.44 bits per heavy atom. The second-order valence-corrected chi connectivity index (χ2v) is 3.98. The molecule has 0 aliphatic carbocycles. The topological polar surface area (TPSA) is 62.9 Å². The first-order valence-electron chi connectivity index (χ1n) is 5.47. The quantitative estimate of drug-likeness (QED) is 0.545. The van der Waals surface area contributed by atoms with Crippen LogP contribution in [0, 0.1) is 11.5 Å². The van der Waals surface area contributed by atoms with E-state index in [4.69, 9.17) is 22.0 Å². The van der Waals surface area contributed by atoms with Gasteiger partial charge in [-0.15, -0.1) is 16.6 Å². The Bertz CT molecular complexity index is 258. The zero-order valence-corrected chi connectivity index (χ0v) is 10.0. The van der Waals surface area contributed by atoms with Crippen LogP contribution in [0.1, 0.15) is 12.8 Å². The van der Waals surface area contributed by atoms with Crippen molar-refractivity contribution in [2.75, 3.05) is 38.7 Å². The maximum atomic E-state index is 8.79. The predicted molar refractivity (Wildman–Crippen MR) is 63.2 cm³/mol. The van der Waals surface area contributed by atoms with E-state index in [1.54, 1.807) is 0 Å². The Kier molecular flexibility index (Phi) is 5.98. The summed E-state index contributed by atoms with van der Waals surface area (Å²) in [6, 6.07) is 0. The zero-order valence-electron chi connectivity index (χ0n) is 9.27. The summed E-state index contributed by atoms with van der Waals surface area (Å²) in [6.45, 7) is 3.48. The number of nitrogens with zero attached hydrogens (tertiary/aromatic N) is 4. The Balaban J connectivity index is 2.55. The minimum atomic E-state index is 0.165. The van der Waals surface area contributed by atoms with Crippen LogP contribution < -0.4 is 0 Å². The summed E-state index contributed by atoms with van der Waals surface area (Å²) in [7, 11) is 0. The molecule has 0 radical (unpaired) electrons. The second-order valence-electron chi connectivity index (χ2n) is 3.61. The molecular formula is C10H17ClN4O. The summed E-state index contributed by atoms with van der Waals surface area (Å²) in [6.07, 6.45) is 3.42. The van der Waals surface area contributed by atoms with E-state index in [9.17, 15) is 0 Å². The Morgan fingerprint density at radius 1 is 1.31 bits per heavy atom. The van der Waals surface area contributed by atoms with Crippen LogP contribution in [0.25, 0.3) is 0 Å². The van der Waals surface area contributed by atoms with Crippen molar-refractivity contribution < 1.29 is 5.11 Å². The van der Waals surface area contributed by atoms with Gasteiger partial charge in [0.1, 0.15) is 0 Å². The van der Waals surface area contributed by atoms with Gasteiger partial charge in [-0.2, -0.15) is 5.26 Å². The molecule has 0 aromatic rings. The highest BCUT2D eigenvalue weighted by Crippen LogP contribution is 2.10. The molecular weight excluding hydrogens is 228 g/mol. The standard InChI is InChI=1S/C10H17ClN4O/c11-3-1-4-14-6-7-15(5-2-8-16)10(14)13-9-12/h16H,1-8H2. The van der Waals surface area contributed by atoms with Gasteiger partial charge >= 0.3 is 0 Å². The molecule has 1 rings (SSSR count). The molecule has 1 N–H and O–H groups in total. The molecule has 0 unspecified atom stereocenters. The van der Waals surface area contributed by atoms with Gasteiger partial charge in [0.2, 0.25) is 12.2 Å². The zero-order chi connectivity index (χ0) is 11.8. The summed E-state index contributed by atoms with van der Waals surface area (Å²) >= 11 is 5.65. The van der Waals surface area contributed by atoms with Crippen LogP contribution >= 0.6 is 11.6 Å². The summed E-state index contributed by atoms with van der Waals surface area (Å²) < 4.78 is 0. The number of hydrogen-bond acceptors (Lipinski definition) is 3. The van der Waals surface area contributed by atoms with Gasteiger partial charge in [-0.1, -0.05) is 0 Å². The maximum absolute atomic E-state index is 8.79. The predicted octanol–water partition coefficient (Wildman–Crippen LogP) is 0.452. The fourth-order valence-electron chi connectivity index (χ4n) is 1.76. The number of aliphatic imine (C=N–C) groups is 1. The van der Waals surface area contributed by atoms with Gasteiger partial charge < -0.3 is 14.9 Å². The van der Waals surface area contributed by atoms with Crippen molar-refractivity contribution in [1.82, 2.24) is 9.80 Å². The van der Waals surface area contributed by atoms with Gasteiger partial charge in [-0.05, 0) is 12.8 Å². The van der Waals surface area contributed by atoms with E-state index >= 15 is 0 Å². The van der Waals surface area contributed by atoms with E-state index in [1.807, 2.05) is 11.1 Å². The average molecular weight is 245 g/mol. The van der Waals surface area contributed by atoms with Crippen molar-refractivity contribution in [3.63, 3.8) is 0 Å². The molecule has 6 heteroatoms. The fourth-order valence-corrected chi connectivity index (χ4v) is 1.88. The number of aliphatic hydroxyl groups is 1. The van der Waals surface area contributed by atoms with Crippen LogP contribution in [0.4, 0.5) is 0 Å². The lowest BCUT2D eigenvalue weighted by Crippen LogP contribution is -2.35. The van der Waals surface area contributed by atoms with Gasteiger partial charge in [0.05, 0.1) is 0 Å². The highest BCUT2D eigenvalue weighted by Gasteiger charge is 2.25. The number of guanidine groups is 1. The Labute approximate surface area is 101 Å². The SMILES string of the molecule is N#CN=C1N(CCCO)CCN1CCCCl. The summed E-state index contributed by atoms with van der Waals surface area (Å²) in [5, 5.41) is 17.4. The molecule has 0 aromatic carbocycles. The summed E-state index contributed by atoms with van der Waals surface area (Å²) in [4.78, 5) is 7.95. The van der Waals surface area contributed by atoms with Crippen LogP contribution in [0.2, 0.25) is 0 Å². The van der Waals surface area contributed by atoms with Crippen molar-refractivity contribution >= 4 is 17.6 Å². The van der Waals surface area contributed by atoms with Crippen LogP contribution in [-0.2, 0) is 0 Å². The second kappa shape index (κ2) is 7.31. The van der Waals surface area contributed by atoms with Crippen LogP contribution in [-0.4, -0.2) is 59.5 Å².